The number of carbonyl (C=O) groups is 1. The third-order valence-corrected chi connectivity index (χ3v) is 3.75. The van der Waals surface area contributed by atoms with Crippen molar-refractivity contribution in [3.8, 4) is 0 Å². The molecule has 6 heteroatoms. The number of hydrogen-bond donors (Lipinski definition) is 1. The molecule has 1 amide bonds. The number of aliphatic hydroxyl groups excluding tert-OH is 1. The van der Waals surface area contributed by atoms with E-state index in [-0.39, 0.29) is 18.4 Å². The molecule has 1 aliphatic rings. The molecule has 3 nitrogen and oxygen atoms in total. The second-order valence-electron chi connectivity index (χ2n) is 5.43. The van der Waals surface area contributed by atoms with Crippen LogP contribution in [0.15, 0.2) is 30.3 Å². The standard InChI is InChI=1S/C16H18F3NO2/c17-16(18,19)14-6-3-12(4-7-14)5-8-15(22)20-9-1-2-13(10-20)11-21/h3-8,13,21H,1-2,9-11H2/b8-5+. The van der Waals surface area contributed by atoms with E-state index in [1.54, 1.807) is 4.90 Å². The quantitative estimate of drug-likeness (QED) is 0.872. The minimum Gasteiger partial charge on any atom is -0.396 e. The van der Waals surface area contributed by atoms with Crippen molar-refractivity contribution in [1.82, 2.24) is 4.90 Å². The SMILES string of the molecule is O=C(/C=C/c1ccc(C(F)(F)F)cc1)N1CCCC(CO)C1. The Morgan fingerprint density at radius 2 is 2.00 bits per heavy atom. The molecule has 0 bridgehead atoms. The van der Waals surface area contributed by atoms with Crippen molar-refractivity contribution >= 4 is 12.0 Å². The minimum absolute atomic E-state index is 0.0619. The van der Waals surface area contributed by atoms with Gasteiger partial charge in [-0.15, -0.1) is 0 Å². The summed E-state index contributed by atoms with van der Waals surface area (Å²) in [5.41, 5.74) is -0.171. The molecular formula is C16H18F3NO2. The van der Waals surface area contributed by atoms with Gasteiger partial charge < -0.3 is 10.0 Å². The van der Waals surface area contributed by atoms with Crippen LogP contribution < -0.4 is 0 Å². The lowest BCUT2D eigenvalue weighted by atomic mass is 9.99. The summed E-state index contributed by atoms with van der Waals surface area (Å²) in [7, 11) is 0. The van der Waals surface area contributed by atoms with Crippen LogP contribution in [0.4, 0.5) is 13.2 Å². The first-order valence-corrected chi connectivity index (χ1v) is 7.15. The molecule has 1 saturated heterocycles. The number of nitrogens with zero attached hydrogens (tertiary/aromatic N) is 1. The molecule has 22 heavy (non-hydrogen) atoms. The fraction of sp³-hybridized carbons (Fsp3) is 0.438. The van der Waals surface area contributed by atoms with Crippen molar-refractivity contribution in [2.75, 3.05) is 19.7 Å². The Balaban J connectivity index is 1.97. The maximum atomic E-state index is 12.4. The van der Waals surface area contributed by atoms with E-state index < -0.39 is 11.7 Å². The molecule has 1 aromatic rings. The highest BCUT2D eigenvalue weighted by Gasteiger charge is 2.29. The summed E-state index contributed by atoms with van der Waals surface area (Å²) in [6, 6.07) is 4.65. The lowest BCUT2D eigenvalue weighted by molar-refractivity contribution is -0.137. The van der Waals surface area contributed by atoms with Gasteiger partial charge in [-0.05, 0) is 42.5 Å². The third-order valence-electron chi connectivity index (χ3n) is 3.75. The topological polar surface area (TPSA) is 40.5 Å². The van der Waals surface area contributed by atoms with E-state index in [2.05, 4.69) is 0 Å². The first-order chi connectivity index (χ1) is 10.4. The Morgan fingerprint density at radius 3 is 2.59 bits per heavy atom. The maximum Gasteiger partial charge on any atom is 0.416 e. The van der Waals surface area contributed by atoms with E-state index >= 15 is 0 Å². The van der Waals surface area contributed by atoms with E-state index in [0.717, 1.165) is 25.0 Å². The van der Waals surface area contributed by atoms with Crippen molar-refractivity contribution in [3.63, 3.8) is 0 Å². The zero-order chi connectivity index (χ0) is 16.2. The largest absolute Gasteiger partial charge is 0.416 e. The number of aliphatic hydroxyl groups is 1. The smallest absolute Gasteiger partial charge is 0.396 e. The van der Waals surface area contributed by atoms with Crippen LogP contribution in [0, 0.1) is 5.92 Å². The molecule has 120 valence electrons. The Labute approximate surface area is 127 Å². The normalized spacial score (nSPS) is 19.6. The van der Waals surface area contributed by atoms with Gasteiger partial charge in [-0.25, -0.2) is 0 Å². The summed E-state index contributed by atoms with van der Waals surface area (Å²) in [6.45, 7) is 1.23. The molecular weight excluding hydrogens is 295 g/mol. The van der Waals surface area contributed by atoms with Crippen LogP contribution in [0.2, 0.25) is 0 Å². The summed E-state index contributed by atoms with van der Waals surface area (Å²) in [5.74, 6) is -0.0739. The van der Waals surface area contributed by atoms with E-state index in [9.17, 15) is 18.0 Å². The first-order valence-electron chi connectivity index (χ1n) is 7.15. The van der Waals surface area contributed by atoms with E-state index in [0.29, 0.717) is 18.7 Å². The van der Waals surface area contributed by atoms with Gasteiger partial charge in [-0.1, -0.05) is 12.1 Å². The highest BCUT2D eigenvalue weighted by molar-refractivity contribution is 5.91. The van der Waals surface area contributed by atoms with E-state index in [1.165, 1.54) is 24.3 Å². The van der Waals surface area contributed by atoms with Crippen molar-refractivity contribution in [1.29, 1.82) is 0 Å². The van der Waals surface area contributed by atoms with Gasteiger partial charge in [-0.3, -0.25) is 4.79 Å². The Hall–Kier alpha value is -1.82. The summed E-state index contributed by atoms with van der Waals surface area (Å²) in [5, 5.41) is 9.14. The molecule has 0 aromatic heterocycles. The van der Waals surface area contributed by atoms with E-state index in [1.807, 2.05) is 0 Å². The number of halogens is 3. The highest BCUT2D eigenvalue weighted by atomic mass is 19.4. The predicted molar refractivity (Wildman–Crippen MR) is 76.9 cm³/mol. The molecule has 2 rings (SSSR count). The Bertz CT molecular complexity index is 537. The molecule has 0 saturated carbocycles. The molecule has 1 unspecified atom stereocenters. The molecule has 1 aliphatic heterocycles. The molecule has 1 heterocycles. The molecule has 1 fully saturated rings. The summed E-state index contributed by atoms with van der Waals surface area (Å²) < 4.78 is 37.3. The lowest BCUT2D eigenvalue weighted by Crippen LogP contribution is -2.40. The van der Waals surface area contributed by atoms with Gasteiger partial charge in [0.2, 0.25) is 5.91 Å². The number of carbonyl (C=O) groups excluding carboxylic acids is 1. The number of hydrogen-bond acceptors (Lipinski definition) is 2. The number of benzene rings is 1. The summed E-state index contributed by atoms with van der Waals surface area (Å²) >= 11 is 0. The van der Waals surface area contributed by atoms with Crippen LogP contribution in [-0.2, 0) is 11.0 Å². The number of rotatable bonds is 3. The van der Waals surface area contributed by atoms with Crippen LogP contribution in [0.1, 0.15) is 24.0 Å². The molecule has 0 spiro atoms. The average molecular weight is 313 g/mol. The second-order valence-corrected chi connectivity index (χ2v) is 5.43. The van der Waals surface area contributed by atoms with E-state index in [4.69, 9.17) is 5.11 Å². The van der Waals surface area contributed by atoms with Crippen LogP contribution >= 0.6 is 0 Å². The van der Waals surface area contributed by atoms with Crippen LogP contribution in [-0.4, -0.2) is 35.6 Å². The second kappa shape index (κ2) is 6.96. The molecule has 0 aliphatic carbocycles. The number of likely N-dealkylation sites (tertiary alicyclic amines) is 1. The zero-order valence-corrected chi connectivity index (χ0v) is 12.0. The van der Waals surface area contributed by atoms with Crippen LogP contribution in [0.5, 0.6) is 0 Å². The van der Waals surface area contributed by atoms with Gasteiger partial charge in [0.05, 0.1) is 5.56 Å². The van der Waals surface area contributed by atoms with Crippen molar-refractivity contribution in [2.24, 2.45) is 5.92 Å². The fourth-order valence-corrected chi connectivity index (χ4v) is 2.47. The van der Waals surface area contributed by atoms with Gasteiger partial charge in [-0.2, -0.15) is 13.2 Å². The van der Waals surface area contributed by atoms with Gasteiger partial charge in [0, 0.05) is 25.8 Å². The lowest BCUT2D eigenvalue weighted by Gasteiger charge is -2.31. The molecule has 1 N–H and O–H groups in total. The molecule has 1 atom stereocenters. The van der Waals surface area contributed by atoms with Gasteiger partial charge >= 0.3 is 6.18 Å². The third kappa shape index (κ3) is 4.34. The Morgan fingerprint density at radius 1 is 1.32 bits per heavy atom. The highest BCUT2D eigenvalue weighted by Crippen LogP contribution is 2.29. The maximum absolute atomic E-state index is 12.4. The zero-order valence-electron chi connectivity index (χ0n) is 12.0. The van der Waals surface area contributed by atoms with Crippen molar-refractivity contribution in [2.45, 2.75) is 19.0 Å². The van der Waals surface area contributed by atoms with Crippen molar-refractivity contribution in [3.05, 3.63) is 41.5 Å². The van der Waals surface area contributed by atoms with Gasteiger partial charge in [0.1, 0.15) is 0 Å². The van der Waals surface area contributed by atoms with Gasteiger partial charge in [0.25, 0.3) is 0 Å². The van der Waals surface area contributed by atoms with Gasteiger partial charge in [0.15, 0.2) is 0 Å². The number of alkyl halides is 3. The average Bonchev–Trinajstić information content (AvgIpc) is 2.52. The Kier molecular flexibility index (Phi) is 5.24. The minimum atomic E-state index is -4.36. The van der Waals surface area contributed by atoms with Crippen LogP contribution in [0.25, 0.3) is 6.08 Å². The van der Waals surface area contributed by atoms with Crippen LogP contribution in [0.3, 0.4) is 0 Å². The first kappa shape index (κ1) is 16.5. The molecule has 0 radical (unpaired) electrons. The molecule has 1 aromatic carbocycles. The number of amides is 1. The van der Waals surface area contributed by atoms with Crippen molar-refractivity contribution < 1.29 is 23.1 Å². The number of piperidine rings is 1. The predicted octanol–water partition coefficient (Wildman–Crippen LogP) is 2.95. The summed E-state index contributed by atoms with van der Waals surface area (Å²) in [6.07, 6.45) is 0.270. The monoisotopic (exact) mass is 313 g/mol. The fourth-order valence-electron chi connectivity index (χ4n) is 2.47. The summed E-state index contributed by atoms with van der Waals surface area (Å²) in [4.78, 5) is 13.7.